The minimum Gasteiger partial charge on any atom is -0.493 e. The molecule has 1 fully saturated rings. The topological polar surface area (TPSA) is 82.5 Å². The van der Waals surface area contributed by atoms with Gasteiger partial charge in [0.2, 0.25) is 5.91 Å². The molecule has 1 aromatic carbocycles. The minimum atomic E-state index is -0.191. The van der Waals surface area contributed by atoms with Crippen LogP contribution in [-0.2, 0) is 11.3 Å². The largest absolute Gasteiger partial charge is 0.493 e. The number of ether oxygens (including phenoxy) is 2. The van der Waals surface area contributed by atoms with Gasteiger partial charge in [-0.05, 0) is 18.9 Å². The SMILES string of the molecule is COc1cc2ncn(CCC(=O)NC3CCCCCC3)c(=O)c2cc1OC. The number of aromatic nitrogens is 2. The van der Waals surface area contributed by atoms with Crippen LogP contribution in [0.25, 0.3) is 10.9 Å². The molecule has 1 aromatic heterocycles. The monoisotopic (exact) mass is 373 g/mol. The number of methoxy groups -OCH3 is 2. The molecule has 27 heavy (non-hydrogen) atoms. The molecule has 0 aliphatic heterocycles. The van der Waals surface area contributed by atoms with Crippen LogP contribution in [0.15, 0.2) is 23.3 Å². The number of hydrogen-bond donors (Lipinski definition) is 1. The highest BCUT2D eigenvalue weighted by molar-refractivity contribution is 5.81. The van der Waals surface area contributed by atoms with Gasteiger partial charge in [0.05, 0.1) is 31.4 Å². The Balaban J connectivity index is 1.70. The quantitative estimate of drug-likeness (QED) is 0.787. The van der Waals surface area contributed by atoms with E-state index in [0.717, 1.165) is 12.8 Å². The fourth-order valence-corrected chi connectivity index (χ4v) is 3.59. The van der Waals surface area contributed by atoms with E-state index in [1.165, 1.54) is 50.8 Å². The van der Waals surface area contributed by atoms with Crippen molar-refractivity contribution >= 4 is 16.8 Å². The van der Waals surface area contributed by atoms with E-state index in [4.69, 9.17) is 9.47 Å². The molecule has 1 saturated carbocycles. The van der Waals surface area contributed by atoms with E-state index in [1.807, 2.05) is 0 Å². The number of nitrogens with zero attached hydrogens (tertiary/aromatic N) is 2. The van der Waals surface area contributed by atoms with Crippen LogP contribution in [0.4, 0.5) is 0 Å². The molecule has 2 aromatic rings. The lowest BCUT2D eigenvalue weighted by atomic mass is 10.1. The van der Waals surface area contributed by atoms with Crippen molar-refractivity contribution in [2.75, 3.05) is 14.2 Å². The van der Waals surface area contributed by atoms with E-state index in [1.54, 1.807) is 12.1 Å². The summed E-state index contributed by atoms with van der Waals surface area (Å²) in [4.78, 5) is 29.3. The molecule has 1 N–H and O–H groups in total. The molecule has 0 spiro atoms. The normalized spacial score (nSPS) is 15.3. The van der Waals surface area contributed by atoms with E-state index in [-0.39, 0.29) is 23.9 Å². The lowest BCUT2D eigenvalue weighted by Gasteiger charge is -2.16. The highest BCUT2D eigenvalue weighted by atomic mass is 16.5. The first-order chi connectivity index (χ1) is 13.1. The third-order valence-corrected chi connectivity index (χ3v) is 5.13. The Bertz CT molecular complexity index is 854. The van der Waals surface area contributed by atoms with Crippen molar-refractivity contribution in [3.8, 4) is 11.5 Å². The molecular weight excluding hydrogens is 346 g/mol. The predicted octanol–water partition coefficient (Wildman–Crippen LogP) is 2.64. The summed E-state index contributed by atoms with van der Waals surface area (Å²) in [6, 6.07) is 3.58. The molecule has 1 amide bonds. The molecule has 1 aliphatic carbocycles. The van der Waals surface area contributed by atoms with Crippen LogP contribution in [0.2, 0.25) is 0 Å². The summed E-state index contributed by atoms with van der Waals surface area (Å²) in [6.45, 7) is 0.300. The third kappa shape index (κ3) is 4.59. The Labute approximate surface area is 158 Å². The number of fused-ring (bicyclic) bond motifs is 1. The van der Waals surface area contributed by atoms with Crippen LogP contribution in [0, 0.1) is 0 Å². The molecular formula is C20H27N3O4. The van der Waals surface area contributed by atoms with Gasteiger partial charge in [-0.25, -0.2) is 4.98 Å². The zero-order valence-corrected chi connectivity index (χ0v) is 16.0. The van der Waals surface area contributed by atoms with E-state index < -0.39 is 0 Å². The maximum Gasteiger partial charge on any atom is 0.261 e. The first-order valence-corrected chi connectivity index (χ1v) is 9.53. The van der Waals surface area contributed by atoms with Gasteiger partial charge in [-0.3, -0.25) is 14.2 Å². The molecule has 146 valence electrons. The second kappa shape index (κ2) is 8.88. The first kappa shape index (κ1) is 19.2. The van der Waals surface area contributed by atoms with Crippen molar-refractivity contribution in [3.63, 3.8) is 0 Å². The van der Waals surface area contributed by atoms with Gasteiger partial charge in [-0.1, -0.05) is 25.7 Å². The van der Waals surface area contributed by atoms with Crippen molar-refractivity contribution in [2.24, 2.45) is 0 Å². The highest BCUT2D eigenvalue weighted by Gasteiger charge is 2.15. The maximum absolute atomic E-state index is 12.7. The Morgan fingerprint density at radius 1 is 1.15 bits per heavy atom. The van der Waals surface area contributed by atoms with Gasteiger partial charge < -0.3 is 14.8 Å². The Kier molecular flexibility index (Phi) is 6.32. The average Bonchev–Trinajstić information content (AvgIpc) is 2.95. The van der Waals surface area contributed by atoms with Crippen molar-refractivity contribution in [1.29, 1.82) is 0 Å². The molecule has 7 heteroatoms. The minimum absolute atomic E-state index is 0.0128. The summed E-state index contributed by atoms with van der Waals surface area (Å²) in [5, 5.41) is 3.55. The maximum atomic E-state index is 12.7. The Hall–Kier alpha value is -2.57. The number of aryl methyl sites for hydroxylation is 1. The van der Waals surface area contributed by atoms with Crippen LogP contribution >= 0.6 is 0 Å². The molecule has 0 radical (unpaired) electrons. The summed E-state index contributed by atoms with van der Waals surface area (Å²) in [5.74, 6) is 0.992. The molecule has 0 saturated heterocycles. The van der Waals surface area contributed by atoms with Crippen molar-refractivity contribution in [1.82, 2.24) is 14.9 Å². The van der Waals surface area contributed by atoms with Crippen molar-refractivity contribution in [2.45, 2.75) is 57.5 Å². The predicted molar refractivity (Wildman–Crippen MR) is 103 cm³/mol. The van der Waals surface area contributed by atoms with Crippen LogP contribution in [0.5, 0.6) is 11.5 Å². The lowest BCUT2D eigenvalue weighted by molar-refractivity contribution is -0.122. The number of benzene rings is 1. The summed E-state index contributed by atoms with van der Waals surface area (Å²) < 4.78 is 12.0. The molecule has 3 rings (SSSR count). The number of amides is 1. The highest BCUT2D eigenvalue weighted by Crippen LogP contribution is 2.29. The standard InChI is InChI=1S/C20H27N3O4/c1-26-17-11-15-16(12-18(17)27-2)21-13-23(20(15)25)10-9-19(24)22-14-7-5-3-4-6-8-14/h11-14H,3-10H2,1-2H3,(H,22,24). The van der Waals surface area contributed by atoms with Crippen LogP contribution < -0.4 is 20.3 Å². The molecule has 0 atom stereocenters. The van der Waals surface area contributed by atoms with Crippen molar-refractivity contribution < 1.29 is 14.3 Å². The lowest BCUT2D eigenvalue weighted by Crippen LogP contribution is -2.35. The van der Waals surface area contributed by atoms with Gasteiger partial charge in [-0.2, -0.15) is 0 Å². The number of carbonyl (C=O) groups is 1. The van der Waals surface area contributed by atoms with Gasteiger partial charge in [0.25, 0.3) is 5.56 Å². The number of rotatable bonds is 6. The van der Waals surface area contributed by atoms with Crippen molar-refractivity contribution in [3.05, 3.63) is 28.8 Å². The molecule has 1 aliphatic rings. The summed E-state index contributed by atoms with van der Waals surface area (Å²) in [7, 11) is 3.06. The van der Waals surface area contributed by atoms with Gasteiger partial charge in [0.1, 0.15) is 0 Å². The fraction of sp³-hybridized carbons (Fsp3) is 0.550. The number of nitrogens with one attached hydrogen (secondary N) is 1. The van der Waals surface area contributed by atoms with Gasteiger partial charge >= 0.3 is 0 Å². The molecule has 0 unspecified atom stereocenters. The third-order valence-electron chi connectivity index (χ3n) is 5.13. The van der Waals surface area contributed by atoms with Crippen LogP contribution in [0.3, 0.4) is 0 Å². The Morgan fingerprint density at radius 2 is 1.81 bits per heavy atom. The second-order valence-corrected chi connectivity index (χ2v) is 6.97. The van der Waals surface area contributed by atoms with E-state index in [9.17, 15) is 9.59 Å². The molecule has 1 heterocycles. The first-order valence-electron chi connectivity index (χ1n) is 9.53. The summed E-state index contributed by atoms with van der Waals surface area (Å²) in [5.41, 5.74) is 0.347. The van der Waals surface area contributed by atoms with Gasteiger partial charge in [0, 0.05) is 25.1 Å². The van der Waals surface area contributed by atoms with E-state index in [0.29, 0.717) is 28.9 Å². The van der Waals surface area contributed by atoms with Gasteiger partial charge in [-0.15, -0.1) is 0 Å². The average molecular weight is 373 g/mol. The van der Waals surface area contributed by atoms with Crippen LogP contribution in [0.1, 0.15) is 44.9 Å². The van der Waals surface area contributed by atoms with E-state index >= 15 is 0 Å². The number of hydrogen-bond acceptors (Lipinski definition) is 5. The fourth-order valence-electron chi connectivity index (χ4n) is 3.59. The zero-order valence-electron chi connectivity index (χ0n) is 16.0. The summed E-state index contributed by atoms with van der Waals surface area (Å²) >= 11 is 0. The molecule has 0 bridgehead atoms. The smallest absolute Gasteiger partial charge is 0.261 e. The van der Waals surface area contributed by atoms with Gasteiger partial charge in [0.15, 0.2) is 11.5 Å². The summed E-state index contributed by atoms with van der Waals surface area (Å²) in [6.07, 6.45) is 8.67. The molecule has 7 nitrogen and oxygen atoms in total. The van der Waals surface area contributed by atoms with Crippen LogP contribution in [-0.4, -0.2) is 35.7 Å². The van der Waals surface area contributed by atoms with E-state index in [2.05, 4.69) is 10.3 Å². The Morgan fingerprint density at radius 3 is 2.48 bits per heavy atom. The zero-order chi connectivity index (χ0) is 19.2. The second-order valence-electron chi connectivity index (χ2n) is 6.97. The number of carbonyl (C=O) groups excluding carboxylic acids is 1.